The van der Waals surface area contributed by atoms with Gasteiger partial charge in [0.1, 0.15) is 0 Å². The maximum atomic E-state index is 10.2. The number of nitrogens with zero attached hydrogens (tertiary/aromatic N) is 2. The maximum absolute atomic E-state index is 10.2. The standard InChI is InChI=1S/C12H15ClN2OS/c1-7-4-5-17-12(7)10(16)6-9-11(13)8(2)14-15(9)3/h4-5,10,16H,6H2,1-3H3. The first-order chi connectivity index (χ1) is 8.00. The van der Waals surface area contributed by atoms with Crippen molar-refractivity contribution < 1.29 is 5.11 Å². The van der Waals surface area contributed by atoms with E-state index in [1.807, 2.05) is 32.3 Å². The predicted molar refractivity (Wildman–Crippen MR) is 70.7 cm³/mol. The molecule has 2 aromatic rings. The molecule has 2 aromatic heterocycles. The highest BCUT2D eigenvalue weighted by molar-refractivity contribution is 7.10. The summed E-state index contributed by atoms with van der Waals surface area (Å²) in [5.74, 6) is 0. The number of aliphatic hydroxyl groups is 1. The van der Waals surface area contributed by atoms with Crippen molar-refractivity contribution in [1.29, 1.82) is 0 Å². The van der Waals surface area contributed by atoms with Crippen LogP contribution in [0.15, 0.2) is 11.4 Å². The van der Waals surface area contributed by atoms with Crippen LogP contribution in [0.25, 0.3) is 0 Å². The molecule has 0 aliphatic carbocycles. The third kappa shape index (κ3) is 2.39. The Bertz CT molecular complexity index is 533. The van der Waals surface area contributed by atoms with Crippen LogP contribution >= 0.6 is 22.9 Å². The molecule has 0 saturated carbocycles. The second kappa shape index (κ2) is 4.80. The third-order valence-corrected chi connectivity index (χ3v) is 4.46. The Morgan fingerprint density at radius 1 is 1.53 bits per heavy atom. The molecule has 0 radical (unpaired) electrons. The van der Waals surface area contributed by atoms with E-state index in [4.69, 9.17) is 11.6 Å². The lowest BCUT2D eigenvalue weighted by Crippen LogP contribution is -2.06. The smallest absolute Gasteiger partial charge is 0.0940 e. The van der Waals surface area contributed by atoms with Crippen LogP contribution in [0.2, 0.25) is 5.02 Å². The molecule has 0 amide bonds. The second-order valence-corrected chi connectivity index (χ2v) is 5.48. The predicted octanol–water partition coefficient (Wildman–Crippen LogP) is 3.03. The fourth-order valence-electron chi connectivity index (χ4n) is 1.90. The van der Waals surface area contributed by atoms with E-state index < -0.39 is 6.10 Å². The van der Waals surface area contributed by atoms with E-state index in [0.717, 1.165) is 21.8 Å². The minimum absolute atomic E-state index is 0.498. The van der Waals surface area contributed by atoms with Crippen LogP contribution in [0.5, 0.6) is 0 Å². The number of halogens is 1. The number of aryl methyl sites for hydroxylation is 3. The van der Waals surface area contributed by atoms with E-state index >= 15 is 0 Å². The van der Waals surface area contributed by atoms with Crippen LogP contribution in [0.3, 0.4) is 0 Å². The van der Waals surface area contributed by atoms with Gasteiger partial charge in [-0.05, 0) is 30.9 Å². The zero-order chi connectivity index (χ0) is 12.6. The summed E-state index contributed by atoms with van der Waals surface area (Å²) < 4.78 is 1.74. The lowest BCUT2D eigenvalue weighted by Gasteiger charge is -2.10. The molecule has 1 atom stereocenters. The molecule has 1 unspecified atom stereocenters. The van der Waals surface area contributed by atoms with E-state index in [1.165, 1.54) is 0 Å². The van der Waals surface area contributed by atoms with Crippen molar-refractivity contribution in [3.8, 4) is 0 Å². The van der Waals surface area contributed by atoms with Gasteiger partial charge >= 0.3 is 0 Å². The first kappa shape index (κ1) is 12.6. The normalized spacial score (nSPS) is 13.0. The number of hydrogen-bond donors (Lipinski definition) is 1. The SMILES string of the molecule is Cc1ccsc1C(O)Cc1c(Cl)c(C)nn1C. The summed E-state index contributed by atoms with van der Waals surface area (Å²) in [4.78, 5) is 1.000. The van der Waals surface area contributed by atoms with E-state index in [0.29, 0.717) is 11.4 Å². The molecule has 1 N–H and O–H groups in total. The number of hydrogen-bond acceptors (Lipinski definition) is 3. The first-order valence-corrected chi connectivity index (χ1v) is 6.66. The lowest BCUT2D eigenvalue weighted by molar-refractivity contribution is 0.179. The quantitative estimate of drug-likeness (QED) is 0.931. The molecule has 0 aromatic carbocycles. The average molecular weight is 271 g/mol. The highest BCUT2D eigenvalue weighted by atomic mass is 35.5. The highest BCUT2D eigenvalue weighted by Gasteiger charge is 2.18. The van der Waals surface area contributed by atoms with Gasteiger partial charge in [0.05, 0.1) is 22.5 Å². The van der Waals surface area contributed by atoms with Crippen molar-refractivity contribution in [2.45, 2.75) is 26.4 Å². The Balaban J connectivity index is 2.24. The van der Waals surface area contributed by atoms with Crippen molar-refractivity contribution in [2.24, 2.45) is 7.05 Å². The molecule has 0 saturated heterocycles. The first-order valence-electron chi connectivity index (χ1n) is 5.40. The van der Waals surface area contributed by atoms with Gasteiger partial charge in [0.25, 0.3) is 0 Å². The van der Waals surface area contributed by atoms with E-state index in [-0.39, 0.29) is 0 Å². The molecular weight excluding hydrogens is 256 g/mol. The van der Waals surface area contributed by atoms with E-state index in [9.17, 15) is 5.11 Å². The summed E-state index contributed by atoms with van der Waals surface area (Å²) in [5.41, 5.74) is 2.81. The van der Waals surface area contributed by atoms with Gasteiger partial charge in [0.2, 0.25) is 0 Å². The van der Waals surface area contributed by atoms with Crippen molar-refractivity contribution in [1.82, 2.24) is 9.78 Å². The molecule has 5 heteroatoms. The number of aromatic nitrogens is 2. The van der Waals surface area contributed by atoms with Crippen LogP contribution in [-0.4, -0.2) is 14.9 Å². The lowest BCUT2D eigenvalue weighted by atomic mass is 10.1. The third-order valence-electron chi connectivity index (χ3n) is 2.85. The topological polar surface area (TPSA) is 38.1 Å². The Morgan fingerprint density at radius 2 is 2.24 bits per heavy atom. The summed E-state index contributed by atoms with van der Waals surface area (Å²) in [6, 6.07) is 2.01. The van der Waals surface area contributed by atoms with E-state index in [1.54, 1.807) is 16.0 Å². The highest BCUT2D eigenvalue weighted by Crippen LogP contribution is 2.29. The molecule has 0 spiro atoms. The van der Waals surface area contributed by atoms with Gasteiger partial charge < -0.3 is 5.11 Å². The Labute approximate surface area is 110 Å². The minimum Gasteiger partial charge on any atom is -0.387 e. The fourth-order valence-corrected chi connectivity index (χ4v) is 3.05. The van der Waals surface area contributed by atoms with Gasteiger partial charge in [-0.3, -0.25) is 4.68 Å². The molecule has 0 bridgehead atoms. The van der Waals surface area contributed by atoms with Crippen LogP contribution in [0, 0.1) is 13.8 Å². The van der Waals surface area contributed by atoms with Crippen LogP contribution in [-0.2, 0) is 13.5 Å². The van der Waals surface area contributed by atoms with Crippen molar-refractivity contribution in [3.63, 3.8) is 0 Å². The summed E-state index contributed by atoms with van der Waals surface area (Å²) in [5, 5.41) is 17.1. The van der Waals surface area contributed by atoms with Gasteiger partial charge in [-0.2, -0.15) is 5.10 Å². The van der Waals surface area contributed by atoms with Crippen molar-refractivity contribution in [3.05, 3.63) is 38.3 Å². The van der Waals surface area contributed by atoms with Crippen LogP contribution < -0.4 is 0 Å². The Hall–Kier alpha value is -0.840. The summed E-state index contributed by atoms with van der Waals surface area (Å²) >= 11 is 7.74. The van der Waals surface area contributed by atoms with Gasteiger partial charge in [0, 0.05) is 18.3 Å². The minimum atomic E-state index is -0.512. The summed E-state index contributed by atoms with van der Waals surface area (Å²) in [6.45, 7) is 3.87. The largest absolute Gasteiger partial charge is 0.387 e. The molecule has 0 aliphatic heterocycles. The molecule has 0 aliphatic rings. The zero-order valence-electron chi connectivity index (χ0n) is 10.1. The van der Waals surface area contributed by atoms with Crippen molar-refractivity contribution >= 4 is 22.9 Å². The zero-order valence-corrected chi connectivity index (χ0v) is 11.6. The van der Waals surface area contributed by atoms with Gasteiger partial charge in [-0.15, -0.1) is 11.3 Å². The number of aliphatic hydroxyl groups excluding tert-OH is 1. The molecular formula is C12H15ClN2OS. The molecule has 2 heterocycles. The van der Waals surface area contributed by atoms with Gasteiger partial charge in [-0.1, -0.05) is 11.6 Å². The summed E-state index contributed by atoms with van der Waals surface area (Å²) in [7, 11) is 1.85. The molecule has 17 heavy (non-hydrogen) atoms. The van der Waals surface area contributed by atoms with Crippen LogP contribution in [0.1, 0.15) is 27.9 Å². The Morgan fingerprint density at radius 3 is 2.71 bits per heavy atom. The van der Waals surface area contributed by atoms with Crippen molar-refractivity contribution in [2.75, 3.05) is 0 Å². The van der Waals surface area contributed by atoms with Gasteiger partial charge in [-0.25, -0.2) is 0 Å². The van der Waals surface area contributed by atoms with Crippen LogP contribution in [0.4, 0.5) is 0 Å². The van der Waals surface area contributed by atoms with E-state index in [2.05, 4.69) is 5.10 Å². The van der Waals surface area contributed by atoms with Gasteiger partial charge in [0.15, 0.2) is 0 Å². The Kier molecular flexibility index (Phi) is 3.56. The molecule has 3 nitrogen and oxygen atoms in total. The molecule has 2 rings (SSSR count). The second-order valence-electron chi connectivity index (χ2n) is 4.16. The average Bonchev–Trinajstić information content (AvgIpc) is 2.78. The molecule has 0 fully saturated rings. The fraction of sp³-hybridized carbons (Fsp3) is 0.417. The molecule has 92 valence electrons. The number of rotatable bonds is 3. The monoisotopic (exact) mass is 270 g/mol. The number of thiophene rings is 1. The maximum Gasteiger partial charge on any atom is 0.0940 e. The summed E-state index contributed by atoms with van der Waals surface area (Å²) in [6.07, 6.45) is -0.0142.